The molecule has 0 N–H and O–H groups in total. The maximum atomic E-state index is 12.4. The van der Waals surface area contributed by atoms with Gasteiger partial charge in [-0.1, -0.05) is 18.2 Å². The summed E-state index contributed by atoms with van der Waals surface area (Å²) < 4.78 is 40.2. The molecular formula is C15H16O5S. The van der Waals surface area contributed by atoms with Gasteiger partial charge in [-0.25, -0.2) is 0 Å². The van der Waals surface area contributed by atoms with E-state index in [0.29, 0.717) is 5.75 Å². The van der Waals surface area contributed by atoms with Crippen molar-refractivity contribution < 1.29 is 22.1 Å². The number of aryl methyl sites for hydroxylation is 1. The van der Waals surface area contributed by atoms with Crippen molar-refractivity contribution in [2.24, 2.45) is 0 Å². The lowest BCUT2D eigenvalue weighted by Crippen LogP contribution is -2.12. The van der Waals surface area contributed by atoms with Crippen molar-refractivity contribution in [1.29, 1.82) is 0 Å². The third-order valence-corrected chi connectivity index (χ3v) is 4.19. The topological polar surface area (TPSA) is 61.8 Å². The van der Waals surface area contributed by atoms with Crippen LogP contribution in [0, 0.1) is 6.92 Å². The monoisotopic (exact) mass is 308 g/mol. The van der Waals surface area contributed by atoms with E-state index >= 15 is 0 Å². The lowest BCUT2D eigenvalue weighted by molar-refractivity contribution is 0.388. The predicted octanol–water partition coefficient (Wildman–Crippen LogP) is 2.78. The molecule has 0 heterocycles. The predicted molar refractivity (Wildman–Crippen MR) is 78.5 cm³/mol. The molecule has 0 bridgehead atoms. The second-order valence-electron chi connectivity index (χ2n) is 4.32. The van der Waals surface area contributed by atoms with Crippen LogP contribution in [0.25, 0.3) is 0 Å². The minimum atomic E-state index is -4.02. The summed E-state index contributed by atoms with van der Waals surface area (Å²) in [5.41, 5.74) is 0.725. The largest absolute Gasteiger partial charge is 0.497 e. The Bertz CT molecular complexity index is 737. The van der Waals surface area contributed by atoms with E-state index in [1.54, 1.807) is 37.3 Å². The molecule has 2 rings (SSSR count). The summed E-state index contributed by atoms with van der Waals surface area (Å²) in [6.45, 7) is 1.77. The minimum Gasteiger partial charge on any atom is -0.497 e. The third-order valence-electron chi connectivity index (χ3n) is 2.93. The van der Waals surface area contributed by atoms with Gasteiger partial charge in [0, 0.05) is 6.07 Å². The van der Waals surface area contributed by atoms with Gasteiger partial charge in [0.25, 0.3) is 0 Å². The molecule has 0 amide bonds. The first-order valence-corrected chi connectivity index (χ1v) is 7.61. The first kappa shape index (κ1) is 15.2. The molecule has 0 saturated heterocycles. The lowest BCUT2D eigenvalue weighted by atomic mass is 10.2. The van der Waals surface area contributed by atoms with Gasteiger partial charge in [-0.3, -0.25) is 0 Å². The molecule has 0 aliphatic heterocycles. The zero-order valence-corrected chi connectivity index (χ0v) is 12.8. The molecule has 6 heteroatoms. The van der Waals surface area contributed by atoms with Crippen LogP contribution >= 0.6 is 0 Å². The van der Waals surface area contributed by atoms with E-state index in [1.807, 2.05) is 0 Å². The van der Waals surface area contributed by atoms with Crippen molar-refractivity contribution in [2.75, 3.05) is 14.2 Å². The van der Waals surface area contributed by atoms with Crippen LogP contribution in [0.5, 0.6) is 17.2 Å². The Morgan fingerprint density at radius 3 is 2.24 bits per heavy atom. The van der Waals surface area contributed by atoms with Crippen LogP contribution in [0.15, 0.2) is 47.4 Å². The quantitative estimate of drug-likeness (QED) is 0.795. The molecule has 0 atom stereocenters. The van der Waals surface area contributed by atoms with E-state index < -0.39 is 10.1 Å². The van der Waals surface area contributed by atoms with E-state index in [-0.39, 0.29) is 16.4 Å². The highest BCUT2D eigenvalue weighted by atomic mass is 32.2. The number of para-hydroxylation sites is 1. The minimum absolute atomic E-state index is 0.0763. The van der Waals surface area contributed by atoms with Crippen LogP contribution in [0.4, 0.5) is 0 Å². The molecule has 0 aromatic heterocycles. The summed E-state index contributed by atoms with van der Waals surface area (Å²) in [7, 11) is -1.16. The van der Waals surface area contributed by atoms with Gasteiger partial charge < -0.3 is 13.7 Å². The first-order valence-electron chi connectivity index (χ1n) is 6.20. The maximum absolute atomic E-state index is 12.4. The number of hydrogen-bond donors (Lipinski definition) is 0. The van der Waals surface area contributed by atoms with Gasteiger partial charge in [-0.2, -0.15) is 8.42 Å². The molecule has 0 unspecified atom stereocenters. The molecule has 5 nitrogen and oxygen atoms in total. The van der Waals surface area contributed by atoms with E-state index in [1.165, 1.54) is 26.4 Å². The SMILES string of the molecule is COc1ccc(OC)c(S(=O)(=O)Oc2ccccc2C)c1. The van der Waals surface area contributed by atoms with Crippen molar-refractivity contribution in [1.82, 2.24) is 0 Å². The van der Waals surface area contributed by atoms with Crippen molar-refractivity contribution in [3.63, 3.8) is 0 Å². The highest BCUT2D eigenvalue weighted by Crippen LogP contribution is 2.31. The van der Waals surface area contributed by atoms with E-state index in [4.69, 9.17) is 13.7 Å². The van der Waals surface area contributed by atoms with Gasteiger partial charge in [0.1, 0.15) is 17.2 Å². The van der Waals surface area contributed by atoms with Crippen molar-refractivity contribution >= 4 is 10.1 Å². The van der Waals surface area contributed by atoms with Crippen molar-refractivity contribution in [3.8, 4) is 17.2 Å². The smallest absolute Gasteiger partial charge is 0.343 e. The van der Waals surface area contributed by atoms with Gasteiger partial charge >= 0.3 is 10.1 Å². The zero-order valence-electron chi connectivity index (χ0n) is 12.0. The second kappa shape index (κ2) is 6.05. The molecule has 112 valence electrons. The molecular weight excluding hydrogens is 292 g/mol. The molecule has 0 aliphatic carbocycles. The van der Waals surface area contributed by atoms with Crippen LogP contribution in [-0.2, 0) is 10.1 Å². The summed E-state index contributed by atoms with van der Waals surface area (Å²) in [6, 6.07) is 11.4. The summed E-state index contributed by atoms with van der Waals surface area (Å²) in [4.78, 5) is -0.0763. The Morgan fingerprint density at radius 1 is 0.905 bits per heavy atom. The molecule has 0 fully saturated rings. The maximum Gasteiger partial charge on any atom is 0.343 e. The van der Waals surface area contributed by atoms with Crippen molar-refractivity contribution in [2.45, 2.75) is 11.8 Å². The van der Waals surface area contributed by atoms with Crippen LogP contribution in [0.3, 0.4) is 0 Å². The highest BCUT2D eigenvalue weighted by Gasteiger charge is 2.23. The van der Waals surface area contributed by atoms with Crippen LogP contribution in [-0.4, -0.2) is 22.6 Å². The molecule has 0 aliphatic rings. The third kappa shape index (κ3) is 3.28. The van der Waals surface area contributed by atoms with Crippen LogP contribution < -0.4 is 13.7 Å². The van der Waals surface area contributed by atoms with Crippen LogP contribution in [0.1, 0.15) is 5.56 Å². The normalized spacial score (nSPS) is 11.0. The van der Waals surface area contributed by atoms with Gasteiger partial charge in [-0.15, -0.1) is 0 Å². The van der Waals surface area contributed by atoms with Gasteiger partial charge in [0.2, 0.25) is 0 Å². The number of benzene rings is 2. The number of rotatable bonds is 5. The molecule has 0 saturated carbocycles. The Labute approximate surface area is 124 Å². The number of hydrogen-bond acceptors (Lipinski definition) is 5. The van der Waals surface area contributed by atoms with Gasteiger partial charge in [0.05, 0.1) is 14.2 Å². The summed E-state index contributed by atoms with van der Waals surface area (Å²) in [5, 5.41) is 0. The Morgan fingerprint density at radius 2 is 1.62 bits per heavy atom. The Balaban J connectivity index is 2.46. The number of ether oxygens (including phenoxy) is 2. The molecule has 2 aromatic carbocycles. The van der Waals surface area contributed by atoms with Crippen molar-refractivity contribution in [3.05, 3.63) is 48.0 Å². The highest BCUT2D eigenvalue weighted by molar-refractivity contribution is 7.87. The van der Waals surface area contributed by atoms with Gasteiger partial charge in [0.15, 0.2) is 4.90 Å². The molecule has 0 radical (unpaired) electrons. The van der Waals surface area contributed by atoms with E-state index in [9.17, 15) is 8.42 Å². The first-order chi connectivity index (χ1) is 9.97. The number of methoxy groups -OCH3 is 2. The zero-order chi connectivity index (χ0) is 15.5. The van der Waals surface area contributed by atoms with E-state index in [0.717, 1.165) is 5.56 Å². The Hall–Kier alpha value is -2.21. The van der Waals surface area contributed by atoms with Crippen LogP contribution in [0.2, 0.25) is 0 Å². The summed E-state index contributed by atoms with van der Waals surface area (Å²) in [6.07, 6.45) is 0. The van der Waals surface area contributed by atoms with Gasteiger partial charge in [-0.05, 0) is 30.7 Å². The standard InChI is InChI=1S/C15H16O5S/c1-11-6-4-5-7-13(11)20-21(16,17)15-10-12(18-2)8-9-14(15)19-3/h4-10H,1-3H3. The molecule has 21 heavy (non-hydrogen) atoms. The van der Waals surface area contributed by atoms with E-state index in [2.05, 4.69) is 0 Å². The molecule has 2 aromatic rings. The summed E-state index contributed by atoms with van der Waals surface area (Å²) >= 11 is 0. The summed E-state index contributed by atoms with van der Waals surface area (Å²) in [5.74, 6) is 0.884. The Kier molecular flexibility index (Phi) is 4.37. The average Bonchev–Trinajstić information content (AvgIpc) is 2.48. The fraction of sp³-hybridized carbons (Fsp3) is 0.200. The fourth-order valence-corrected chi connectivity index (χ4v) is 2.96. The molecule has 0 spiro atoms. The average molecular weight is 308 g/mol. The fourth-order valence-electron chi connectivity index (χ4n) is 1.79. The second-order valence-corrected chi connectivity index (χ2v) is 5.83. The lowest BCUT2D eigenvalue weighted by Gasteiger charge is -2.13.